The summed E-state index contributed by atoms with van der Waals surface area (Å²) >= 11 is 1.76. The first-order chi connectivity index (χ1) is 7.93. The number of hydrogen-bond donors (Lipinski definition) is 0. The van der Waals surface area contributed by atoms with Crippen LogP contribution in [0.25, 0.3) is 26.1 Å². The van der Waals surface area contributed by atoms with Gasteiger partial charge in [0, 0.05) is 10.1 Å². The Morgan fingerprint density at radius 3 is 3.12 bits per heavy atom. The number of nitrogens with zero attached hydrogens (tertiary/aromatic N) is 2. The summed E-state index contributed by atoms with van der Waals surface area (Å²) < 4.78 is 8.54. The zero-order valence-electron chi connectivity index (χ0n) is 8.25. The van der Waals surface area contributed by atoms with E-state index in [0.29, 0.717) is 5.84 Å². The number of hydrogen-bond acceptors (Lipinski definition) is 3. The minimum atomic E-state index is 0.638. The summed E-state index contributed by atoms with van der Waals surface area (Å²) in [6.07, 6.45) is 5.44. The molecule has 1 aromatic carbocycles. The van der Waals surface area contributed by atoms with Crippen molar-refractivity contribution in [2.24, 2.45) is 0 Å². The lowest BCUT2D eigenvalue weighted by Gasteiger charge is -1.85. The second-order valence-corrected chi connectivity index (χ2v) is 4.66. The number of aromatic nitrogens is 2. The molecule has 4 rings (SSSR count). The minimum absolute atomic E-state index is 0.638. The fraction of sp³-hybridized carbons (Fsp3) is 0. The summed E-state index contributed by atoms with van der Waals surface area (Å²) in [6.45, 7) is 0. The lowest BCUT2D eigenvalue weighted by molar-refractivity contribution is -0.483. The Balaban J connectivity index is 2.38. The Morgan fingerprint density at radius 2 is 2.12 bits per heavy atom. The Kier molecular flexibility index (Phi) is 1.44. The maximum Gasteiger partial charge on any atom is 0.509 e. The Hall–Kier alpha value is -1.94. The molecule has 4 heteroatoms. The molecule has 0 N–H and O–H groups in total. The van der Waals surface area contributed by atoms with Crippen LogP contribution >= 0.6 is 11.3 Å². The van der Waals surface area contributed by atoms with Crippen LogP contribution in [0.3, 0.4) is 0 Å². The quantitative estimate of drug-likeness (QED) is 0.432. The molecule has 3 nitrogen and oxygen atoms in total. The highest BCUT2D eigenvalue weighted by molar-refractivity contribution is 7.25. The van der Waals surface area contributed by atoms with Gasteiger partial charge in [-0.05, 0) is 11.1 Å². The number of oxazole rings is 1. The molecular weight excluding hydrogens is 220 g/mol. The van der Waals surface area contributed by atoms with Crippen molar-refractivity contribution in [3.8, 4) is 0 Å². The number of rotatable bonds is 0. The van der Waals surface area contributed by atoms with E-state index >= 15 is 0 Å². The molecule has 0 bridgehead atoms. The van der Waals surface area contributed by atoms with Crippen molar-refractivity contribution in [3.63, 3.8) is 0 Å². The van der Waals surface area contributed by atoms with Crippen molar-refractivity contribution >= 4 is 37.5 Å². The van der Waals surface area contributed by atoms with Crippen molar-refractivity contribution in [3.05, 3.63) is 42.9 Å². The molecule has 3 aromatic heterocycles. The molecule has 0 fully saturated rings. The van der Waals surface area contributed by atoms with Crippen LogP contribution < -0.4 is 4.40 Å². The summed E-state index contributed by atoms with van der Waals surface area (Å²) in [5, 5.41) is 2.44. The molecule has 0 spiro atoms. The van der Waals surface area contributed by atoms with Crippen LogP contribution in [0.2, 0.25) is 0 Å². The monoisotopic (exact) mass is 227 g/mol. The van der Waals surface area contributed by atoms with E-state index in [4.69, 9.17) is 4.42 Å². The predicted octanol–water partition coefficient (Wildman–Crippen LogP) is 2.78. The molecule has 0 aliphatic rings. The lowest BCUT2D eigenvalue weighted by atomic mass is 10.2. The molecule has 0 unspecified atom stereocenters. The van der Waals surface area contributed by atoms with Gasteiger partial charge in [-0.3, -0.25) is 0 Å². The van der Waals surface area contributed by atoms with Gasteiger partial charge in [0.25, 0.3) is 0 Å². The van der Waals surface area contributed by atoms with Crippen LogP contribution in [0.4, 0.5) is 0 Å². The van der Waals surface area contributed by atoms with E-state index < -0.39 is 0 Å². The first-order valence-electron chi connectivity index (χ1n) is 4.98. The Bertz CT molecular complexity index is 815. The summed E-state index contributed by atoms with van der Waals surface area (Å²) in [7, 11) is 0. The van der Waals surface area contributed by atoms with Gasteiger partial charge in [0.15, 0.2) is 6.20 Å². The number of benzene rings is 1. The van der Waals surface area contributed by atoms with Crippen LogP contribution in [0.5, 0.6) is 0 Å². The second-order valence-electron chi connectivity index (χ2n) is 3.63. The molecule has 0 saturated heterocycles. The van der Waals surface area contributed by atoms with Gasteiger partial charge in [0.05, 0.1) is 5.39 Å². The lowest BCUT2D eigenvalue weighted by Crippen LogP contribution is -2.18. The highest BCUT2D eigenvalue weighted by atomic mass is 32.1. The summed E-state index contributed by atoms with van der Waals surface area (Å²) in [4.78, 5) is 5.48. The predicted molar refractivity (Wildman–Crippen MR) is 62.6 cm³/mol. The zero-order valence-corrected chi connectivity index (χ0v) is 9.07. The van der Waals surface area contributed by atoms with Gasteiger partial charge in [-0.2, -0.15) is 0 Å². The van der Waals surface area contributed by atoms with Gasteiger partial charge in [0.2, 0.25) is 4.83 Å². The third-order valence-corrected chi connectivity index (χ3v) is 3.91. The fourth-order valence-corrected chi connectivity index (χ4v) is 3.15. The van der Waals surface area contributed by atoms with Crippen LogP contribution in [0, 0.1) is 0 Å². The molecule has 3 heterocycles. The normalized spacial score (nSPS) is 11.8. The summed E-state index contributed by atoms with van der Waals surface area (Å²) in [5.41, 5.74) is 0. The first kappa shape index (κ1) is 8.24. The topological polar surface area (TPSA) is 30.1 Å². The summed E-state index contributed by atoms with van der Waals surface area (Å²) in [5.74, 6) is 0.638. The maximum absolute atomic E-state index is 5.28. The third kappa shape index (κ3) is 0.919. The van der Waals surface area contributed by atoms with E-state index in [1.165, 1.54) is 20.3 Å². The molecular formula is C12H7N2OS+. The largest absolute Gasteiger partial charge is 0.509 e. The summed E-state index contributed by atoms with van der Waals surface area (Å²) in [6, 6.07) is 8.37. The van der Waals surface area contributed by atoms with Crippen LogP contribution in [0.1, 0.15) is 0 Å². The van der Waals surface area contributed by atoms with E-state index in [2.05, 4.69) is 29.2 Å². The second kappa shape index (κ2) is 2.80. The third-order valence-electron chi connectivity index (χ3n) is 2.73. The average molecular weight is 227 g/mol. The average Bonchev–Trinajstić information content (AvgIpc) is 2.92. The Morgan fingerprint density at radius 1 is 1.19 bits per heavy atom. The first-order valence-corrected chi connectivity index (χ1v) is 5.80. The van der Waals surface area contributed by atoms with Gasteiger partial charge in [-0.25, -0.2) is 0 Å². The maximum atomic E-state index is 5.28. The van der Waals surface area contributed by atoms with E-state index in [0.717, 1.165) is 0 Å². The molecule has 0 aliphatic carbocycles. The van der Waals surface area contributed by atoms with Crippen molar-refractivity contribution in [1.82, 2.24) is 4.98 Å². The number of fused-ring (bicyclic) bond motifs is 5. The van der Waals surface area contributed by atoms with E-state index in [1.807, 2.05) is 16.8 Å². The van der Waals surface area contributed by atoms with Crippen LogP contribution in [-0.4, -0.2) is 4.98 Å². The zero-order chi connectivity index (χ0) is 10.5. The molecule has 0 aliphatic heterocycles. The van der Waals surface area contributed by atoms with Crippen molar-refractivity contribution < 1.29 is 8.82 Å². The standard InChI is InChI=1S/C12H7N2OS/c1-2-4-10-8(3-1)9-7-13-12-14(5-6-15-12)11(9)16-10/h1-7H/q+1. The highest BCUT2D eigenvalue weighted by Gasteiger charge is 2.16. The molecule has 0 atom stereocenters. The minimum Gasteiger partial charge on any atom is -0.393 e. The molecule has 4 aromatic rings. The van der Waals surface area contributed by atoms with Gasteiger partial charge in [0.1, 0.15) is 12.5 Å². The van der Waals surface area contributed by atoms with E-state index in [9.17, 15) is 0 Å². The fourth-order valence-electron chi connectivity index (χ4n) is 2.00. The highest BCUT2D eigenvalue weighted by Crippen LogP contribution is 2.30. The number of thiophene rings is 1. The molecule has 0 saturated carbocycles. The van der Waals surface area contributed by atoms with E-state index in [-0.39, 0.29) is 0 Å². The van der Waals surface area contributed by atoms with Gasteiger partial charge in [-0.15, -0.1) is 4.40 Å². The van der Waals surface area contributed by atoms with Crippen molar-refractivity contribution in [1.29, 1.82) is 0 Å². The van der Waals surface area contributed by atoms with Gasteiger partial charge < -0.3 is 4.42 Å². The van der Waals surface area contributed by atoms with Gasteiger partial charge in [-0.1, -0.05) is 29.5 Å². The SMILES string of the molecule is c1ccc2c(c1)sc1c2cnc2occ[n+]21. The molecule has 0 amide bonds. The molecule has 0 radical (unpaired) electrons. The van der Waals surface area contributed by atoms with E-state index in [1.54, 1.807) is 17.6 Å². The van der Waals surface area contributed by atoms with Gasteiger partial charge >= 0.3 is 5.84 Å². The van der Waals surface area contributed by atoms with Crippen LogP contribution in [0.15, 0.2) is 47.3 Å². The smallest absolute Gasteiger partial charge is 0.393 e. The van der Waals surface area contributed by atoms with Crippen molar-refractivity contribution in [2.45, 2.75) is 0 Å². The van der Waals surface area contributed by atoms with Crippen molar-refractivity contribution in [2.75, 3.05) is 0 Å². The van der Waals surface area contributed by atoms with Crippen LogP contribution in [-0.2, 0) is 0 Å². The Labute approximate surface area is 94.6 Å². The molecule has 16 heavy (non-hydrogen) atoms. The molecule has 76 valence electrons.